The number of para-hydroxylation sites is 3. The van der Waals surface area contributed by atoms with Gasteiger partial charge in [0.1, 0.15) is 11.3 Å². The Balaban J connectivity index is 1.32. The predicted octanol–water partition coefficient (Wildman–Crippen LogP) is 4.17. The lowest BCUT2D eigenvalue weighted by Gasteiger charge is -2.12. The summed E-state index contributed by atoms with van der Waals surface area (Å²) >= 11 is 0. The Morgan fingerprint density at radius 2 is 1.94 bits per heavy atom. The molecule has 8 nitrogen and oxygen atoms in total. The van der Waals surface area contributed by atoms with Gasteiger partial charge < -0.3 is 25.7 Å². The van der Waals surface area contributed by atoms with Crippen molar-refractivity contribution in [3.8, 4) is 5.75 Å². The molecule has 0 aliphatic carbocycles. The van der Waals surface area contributed by atoms with Gasteiger partial charge in [0.25, 0.3) is 0 Å². The summed E-state index contributed by atoms with van der Waals surface area (Å²) in [6.07, 6.45) is 3.52. The third-order valence-electron chi connectivity index (χ3n) is 5.03. The summed E-state index contributed by atoms with van der Waals surface area (Å²) in [5.41, 5.74) is 9.33. The number of nitrogens with zero attached hydrogens (tertiary/aromatic N) is 3. The topological polar surface area (TPSA) is 107 Å². The molecule has 0 atom stereocenters. The van der Waals surface area contributed by atoms with Crippen molar-refractivity contribution in [1.82, 2.24) is 19.9 Å². The number of hydrogen-bond acceptors (Lipinski definition) is 5. The standard InChI is InChI=1S/C23H26N6O2/c1-2-31-19-12-6-5-11-18(19)28-23(30)25-13-7-8-14-29-15-26-20-21(29)16-9-3-4-10-17(16)27-22(20)24/h3-6,9-12,15H,2,7-8,13-14H2,1H3,(H2,24,27)(H2,25,28,30). The number of fused-ring (bicyclic) bond motifs is 3. The zero-order chi connectivity index (χ0) is 21.6. The summed E-state index contributed by atoms with van der Waals surface area (Å²) < 4.78 is 7.64. The molecule has 2 heterocycles. The van der Waals surface area contributed by atoms with Crippen LogP contribution in [0.2, 0.25) is 0 Å². The number of anilines is 2. The Hall–Kier alpha value is -3.81. The molecule has 2 aromatic carbocycles. The summed E-state index contributed by atoms with van der Waals surface area (Å²) in [5.74, 6) is 1.10. The number of carbonyl (C=O) groups excluding carboxylic acids is 1. The number of pyridine rings is 1. The molecule has 0 aliphatic rings. The highest BCUT2D eigenvalue weighted by Crippen LogP contribution is 2.27. The number of aryl methyl sites for hydroxylation is 1. The van der Waals surface area contributed by atoms with Crippen molar-refractivity contribution in [2.24, 2.45) is 0 Å². The smallest absolute Gasteiger partial charge is 0.319 e. The van der Waals surface area contributed by atoms with Crippen molar-refractivity contribution in [2.45, 2.75) is 26.3 Å². The van der Waals surface area contributed by atoms with E-state index in [0.717, 1.165) is 41.3 Å². The van der Waals surface area contributed by atoms with Crippen LogP contribution in [-0.4, -0.2) is 33.7 Å². The fourth-order valence-corrected chi connectivity index (χ4v) is 3.60. The number of amides is 2. The van der Waals surface area contributed by atoms with Gasteiger partial charge in [-0.05, 0) is 38.0 Å². The van der Waals surface area contributed by atoms with Gasteiger partial charge in [-0.1, -0.05) is 30.3 Å². The van der Waals surface area contributed by atoms with E-state index in [1.165, 1.54) is 0 Å². The molecule has 31 heavy (non-hydrogen) atoms. The number of nitrogen functional groups attached to an aromatic ring is 1. The van der Waals surface area contributed by atoms with Crippen LogP contribution in [0.4, 0.5) is 16.3 Å². The SMILES string of the molecule is CCOc1ccccc1NC(=O)NCCCCn1cnc2c(N)nc3ccccc3c21. The Morgan fingerprint density at radius 3 is 2.81 bits per heavy atom. The number of rotatable bonds is 8. The lowest BCUT2D eigenvalue weighted by molar-refractivity contribution is 0.251. The number of imidazole rings is 1. The van der Waals surface area contributed by atoms with Crippen LogP contribution in [0.1, 0.15) is 19.8 Å². The molecule has 4 aromatic rings. The average Bonchev–Trinajstić information content (AvgIpc) is 3.20. The molecular weight excluding hydrogens is 392 g/mol. The van der Waals surface area contributed by atoms with Gasteiger partial charge >= 0.3 is 6.03 Å². The van der Waals surface area contributed by atoms with Crippen LogP contribution in [0, 0.1) is 0 Å². The van der Waals surface area contributed by atoms with Gasteiger partial charge in [0.15, 0.2) is 5.82 Å². The zero-order valence-corrected chi connectivity index (χ0v) is 17.5. The Morgan fingerprint density at radius 1 is 1.13 bits per heavy atom. The molecule has 4 rings (SSSR count). The van der Waals surface area contributed by atoms with Gasteiger partial charge in [0.05, 0.1) is 29.7 Å². The lowest BCUT2D eigenvalue weighted by atomic mass is 10.2. The van der Waals surface area contributed by atoms with Crippen LogP contribution >= 0.6 is 0 Å². The van der Waals surface area contributed by atoms with Gasteiger partial charge in [0, 0.05) is 18.5 Å². The number of aromatic nitrogens is 3. The number of unbranched alkanes of at least 4 members (excludes halogenated alkanes) is 1. The number of nitrogens with one attached hydrogen (secondary N) is 2. The van der Waals surface area contributed by atoms with Gasteiger partial charge in [-0.15, -0.1) is 0 Å². The van der Waals surface area contributed by atoms with Crippen molar-refractivity contribution in [3.05, 3.63) is 54.9 Å². The first kappa shape index (κ1) is 20.5. The fraction of sp³-hybridized carbons (Fsp3) is 0.261. The monoisotopic (exact) mass is 418 g/mol. The van der Waals surface area contributed by atoms with Crippen molar-refractivity contribution in [2.75, 3.05) is 24.2 Å². The van der Waals surface area contributed by atoms with E-state index in [1.54, 1.807) is 6.33 Å². The van der Waals surface area contributed by atoms with Crippen molar-refractivity contribution >= 4 is 39.5 Å². The van der Waals surface area contributed by atoms with E-state index in [4.69, 9.17) is 10.5 Å². The first-order valence-electron chi connectivity index (χ1n) is 10.4. The maximum Gasteiger partial charge on any atom is 0.319 e. The Labute approximate surface area is 180 Å². The van der Waals surface area contributed by atoms with Gasteiger partial charge in [-0.3, -0.25) is 0 Å². The molecule has 0 bridgehead atoms. The lowest BCUT2D eigenvalue weighted by Crippen LogP contribution is -2.29. The zero-order valence-electron chi connectivity index (χ0n) is 17.5. The van der Waals surface area contributed by atoms with Crippen LogP contribution in [0.25, 0.3) is 21.9 Å². The fourth-order valence-electron chi connectivity index (χ4n) is 3.60. The normalized spacial score (nSPS) is 11.0. The molecule has 0 fully saturated rings. The number of ether oxygens (including phenoxy) is 1. The minimum absolute atomic E-state index is 0.245. The second-order valence-corrected chi connectivity index (χ2v) is 7.17. The molecule has 2 aromatic heterocycles. The molecule has 0 spiro atoms. The first-order chi connectivity index (χ1) is 15.2. The minimum atomic E-state index is -0.245. The Kier molecular flexibility index (Phi) is 6.16. The summed E-state index contributed by atoms with van der Waals surface area (Å²) in [6, 6.07) is 15.1. The number of hydrogen-bond donors (Lipinski definition) is 3. The maximum atomic E-state index is 12.2. The second kappa shape index (κ2) is 9.34. The van der Waals surface area contributed by atoms with E-state index < -0.39 is 0 Å². The highest BCUT2D eigenvalue weighted by atomic mass is 16.5. The van der Waals surface area contributed by atoms with Crippen LogP contribution in [0.15, 0.2) is 54.9 Å². The van der Waals surface area contributed by atoms with E-state index in [9.17, 15) is 4.79 Å². The number of benzene rings is 2. The van der Waals surface area contributed by atoms with Gasteiger partial charge in [-0.2, -0.15) is 0 Å². The van der Waals surface area contributed by atoms with Crippen molar-refractivity contribution in [1.29, 1.82) is 0 Å². The van der Waals surface area contributed by atoms with E-state index >= 15 is 0 Å². The molecule has 4 N–H and O–H groups in total. The summed E-state index contributed by atoms with van der Waals surface area (Å²) in [5, 5.41) is 6.77. The second-order valence-electron chi connectivity index (χ2n) is 7.17. The van der Waals surface area contributed by atoms with Crippen molar-refractivity contribution < 1.29 is 9.53 Å². The average molecular weight is 419 g/mol. The molecule has 0 unspecified atom stereocenters. The van der Waals surface area contributed by atoms with Crippen molar-refractivity contribution in [3.63, 3.8) is 0 Å². The van der Waals surface area contributed by atoms with E-state index in [0.29, 0.717) is 30.4 Å². The molecule has 8 heteroatoms. The van der Waals surface area contributed by atoms with Crippen LogP contribution in [-0.2, 0) is 6.54 Å². The summed E-state index contributed by atoms with van der Waals surface area (Å²) in [4.78, 5) is 21.1. The highest BCUT2D eigenvalue weighted by Gasteiger charge is 2.12. The number of urea groups is 1. The third kappa shape index (κ3) is 4.53. The van der Waals surface area contributed by atoms with Crippen LogP contribution in [0.5, 0.6) is 5.75 Å². The van der Waals surface area contributed by atoms with Gasteiger partial charge in [-0.25, -0.2) is 14.8 Å². The molecule has 0 aliphatic heterocycles. The molecular formula is C23H26N6O2. The summed E-state index contributed by atoms with van der Waals surface area (Å²) in [7, 11) is 0. The number of carbonyl (C=O) groups is 1. The van der Waals surface area contributed by atoms with Crippen LogP contribution in [0.3, 0.4) is 0 Å². The number of nitrogens with two attached hydrogens (primary N) is 1. The van der Waals surface area contributed by atoms with E-state index in [1.807, 2.05) is 55.5 Å². The Bertz CT molecular complexity index is 1200. The molecule has 2 amide bonds. The summed E-state index contributed by atoms with van der Waals surface area (Å²) in [6.45, 7) is 3.80. The molecule has 0 radical (unpaired) electrons. The van der Waals surface area contributed by atoms with E-state index in [-0.39, 0.29) is 6.03 Å². The minimum Gasteiger partial charge on any atom is -0.492 e. The first-order valence-corrected chi connectivity index (χ1v) is 10.4. The third-order valence-corrected chi connectivity index (χ3v) is 5.03. The highest BCUT2D eigenvalue weighted by molar-refractivity contribution is 6.06. The molecule has 0 saturated carbocycles. The largest absolute Gasteiger partial charge is 0.492 e. The predicted molar refractivity (Wildman–Crippen MR) is 123 cm³/mol. The molecule has 160 valence electrons. The van der Waals surface area contributed by atoms with Crippen LogP contribution < -0.4 is 21.1 Å². The van der Waals surface area contributed by atoms with E-state index in [2.05, 4.69) is 25.2 Å². The quantitative estimate of drug-likeness (QED) is 0.372. The maximum absolute atomic E-state index is 12.2. The molecule has 0 saturated heterocycles. The van der Waals surface area contributed by atoms with Gasteiger partial charge in [0.2, 0.25) is 0 Å².